The Morgan fingerprint density at radius 3 is 2.64 bits per heavy atom. The van der Waals surface area contributed by atoms with E-state index < -0.39 is 0 Å². The normalized spacial score (nSPS) is 16.1. The maximum Gasteiger partial charge on any atom is 0.228 e. The van der Waals surface area contributed by atoms with Crippen LogP contribution in [0.25, 0.3) is 0 Å². The zero-order valence-corrected chi connectivity index (χ0v) is 14.1. The third kappa shape index (κ3) is 2.97. The van der Waals surface area contributed by atoms with Gasteiger partial charge in [-0.25, -0.2) is 0 Å². The smallest absolute Gasteiger partial charge is 0.228 e. The highest BCUT2D eigenvalue weighted by molar-refractivity contribution is 6.00. The van der Waals surface area contributed by atoms with Gasteiger partial charge in [0.15, 0.2) is 0 Å². The summed E-state index contributed by atoms with van der Waals surface area (Å²) in [4.78, 5) is 28.7. The predicted octanol–water partition coefficient (Wildman–Crippen LogP) is 2.81. The molecule has 5 heteroatoms. The molecule has 2 aromatic rings. The molecule has 4 rings (SSSR count). The van der Waals surface area contributed by atoms with Crippen LogP contribution in [0.1, 0.15) is 18.4 Å². The van der Waals surface area contributed by atoms with Gasteiger partial charge in [0.05, 0.1) is 11.4 Å². The number of nitrogens with one attached hydrogen (secondary N) is 1. The first-order valence-corrected chi connectivity index (χ1v) is 8.75. The van der Waals surface area contributed by atoms with Crippen molar-refractivity contribution in [2.45, 2.75) is 19.3 Å². The lowest BCUT2D eigenvalue weighted by atomic mass is 10.0. The molecule has 2 heterocycles. The molecule has 0 bridgehead atoms. The number of fused-ring (bicyclic) bond motifs is 2. The summed E-state index contributed by atoms with van der Waals surface area (Å²) >= 11 is 0. The van der Waals surface area contributed by atoms with Crippen molar-refractivity contribution in [1.82, 2.24) is 0 Å². The third-order valence-electron chi connectivity index (χ3n) is 4.89. The van der Waals surface area contributed by atoms with Crippen molar-refractivity contribution in [2.24, 2.45) is 0 Å². The molecule has 0 fully saturated rings. The van der Waals surface area contributed by atoms with E-state index in [0.29, 0.717) is 25.9 Å². The molecule has 0 saturated carbocycles. The van der Waals surface area contributed by atoms with E-state index in [-0.39, 0.29) is 11.8 Å². The largest absolute Gasteiger partial charge is 0.382 e. The quantitative estimate of drug-likeness (QED) is 0.938. The molecular weight excluding hydrogens is 314 g/mol. The third-order valence-corrected chi connectivity index (χ3v) is 4.89. The van der Waals surface area contributed by atoms with Crippen LogP contribution in [-0.4, -0.2) is 31.4 Å². The summed E-state index contributed by atoms with van der Waals surface area (Å²) in [7, 11) is 0. The van der Waals surface area contributed by atoms with E-state index in [9.17, 15) is 9.59 Å². The van der Waals surface area contributed by atoms with Crippen LogP contribution in [0.15, 0.2) is 48.5 Å². The molecule has 2 amide bonds. The molecule has 0 aromatic heterocycles. The summed E-state index contributed by atoms with van der Waals surface area (Å²) in [5.41, 5.74) is 4.04. The standard InChI is InChI=1S/C20H21N3O2/c24-19-10-9-15-5-1-3-7-17(15)22(19)13-11-20(25)23-14-12-21-16-6-2-4-8-18(16)23/h1-8,21H,9-14H2. The summed E-state index contributed by atoms with van der Waals surface area (Å²) in [6, 6.07) is 15.8. The lowest BCUT2D eigenvalue weighted by Gasteiger charge is -2.32. The fraction of sp³-hybridized carbons (Fsp3) is 0.300. The van der Waals surface area contributed by atoms with Crippen LogP contribution in [-0.2, 0) is 16.0 Å². The number of benzene rings is 2. The first kappa shape index (κ1) is 15.7. The molecule has 0 atom stereocenters. The molecule has 0 unspecified atom stereocenters. The Hall–Kier alpha value is -2.82. The number of aryl methyl sites for hydroxylation is 1. The second-order valence-electron chi connectivity index (χ2n) is 6.41. The van der Waals surface area contributed by atoms with Crippen molar-refractivity contribution in [1.29, 1.82) is 0 Å². The summed E-state index contributed by atoms with van der Waals surface area (Å²) in [5, 5.41) is 3.31. The van der Waals surface area contributed by atoms with E-state index in [0.717, 1.165) is 30.0 Å². The first-order chi connectivity index (χ1) is 12.2. The van der Waals surface area contributed by atoms with Crippen molar-refractivity contribution in [3.63, 3.8) is 0 Å². The maximum atomic E-state index is 12.8. The minimum absolute atomic E-state index is 0.0600. The molecule has 0 spiro atoms. The van der Waals surface area contributed by atoms with Gasteiger partial charge in [0.25, 0.3) is 0 Å². The van der Waals surface area contributed by atoms with Crippen LogP contribution in [0.5, 0.6) is 0 Å². The Morgan fingerprint density at radius 2 is 1.76 bits per heavy atom. The van der Waals surface area contributed by atoms with Crippen molar-refractivity contribution in [2.75, 3.05) is 34.8 Å². The molecule has 2 aliphatic heterocycles. The molecule has 2 aromatic carbocycles. The zero-order valence-electron chi connectivity index (χ0n) is 14.1. The zero-order chi connectivity index (χ0) is 17.2. The van der Waals surface area contributed by atoms with Gasteiger partial charge in [-0.15, -0.1) is 0 Å². The number of rotatable bonds is 3. The summed E-state index contributed by atoms with van der Waals surface area (Å²) < 4.78 is 0. The van der Waals surface area contributed by atoms with E-state index in [2.05, 4.69) is 11.4 Å². The number of nitrogens with zero attached hydrogens (tertiary/aromatic N) is 2. The van der Waals surface area contributed by atoms with Crippen molar-refractivity contribution >= 4 is 28.9 Å². The van der Waals surface area contributed by atoms with Gasteiger partial charge in [-0.1, -0.05) is 30.3 Å². The molecule has 128 valence electrons. The van der Waals surface area contributed by atoms with Crippen LogP contribution in [0.2, 0.25) is 0 Å². The van der Waals surface area contributed by atoms with E-state index in [1.165, 1.54) is 5.56 Å². The molecular formula is C20H21N3O2. The Bertz CT molecular complexity index is 818. The molecule has 1 N–H and O–H groups in total. The fourth-order valence-electron chi connectivity index (χ4n) is 3.62. The van der Waals surface area contributed by atoms with Crippen LogP contribution < -0.4 is 15.1 Å². The lowest BCUT2D eigenvalue weighted by Crippen LogP contribution is -2.42. The summed E-state index contributed by atoms with van der Waals surface area (Å²) in [6.07, 6.45) is 1.63. The number of para-hydroxylation sites is 3. The highest BCUT2D eigenvalue weighted by atomic mass is 16.2. The Kier molecular flexibility index (Phi) is 4.14. The van der Waals surface area contributed by atoms with Crippen LogP contribution in [0.3, 0.4) is 0 Å². The molecule has 0 saturated heterocycles. The van der Waals surface area contributed by atoms with Gasteiger partial charge in [-0.2, -0.15) is 0 Å². The number of hydrogen-bond donors (Lipinski definition) is 1. The molecule has 25 heavy (non-hydrogen) atoms. The maximum absolute atomic E-state index is 12.8. The molecule has 0 aliphatic carbocycles. The number of carbonyl (C=O) groups is 2. The minimum atomic E-state index is 0.0600. The molecule has 2 aliphatic rings. The van der Waals surface area contributed by atoms with Gasteiger partial charge in [0.2, 0.25) is 11.8 Å². The van der Waals surface area contributed by atoms with Gasteiger partial charge >= 0.3 is 0 Å². The van der Waals surface area contributed by atoms with E-state index in [1.807, 2.05) is 47.4 Å². The van der Waals surface area contributed by atoms with E-state index in [1.54, 1.807) is 4.90 Å². The SMILES string of the molecule is O=C1CCc2ccccc2N1CCC(=O)N1CCNc2ccccc21. The van der Waals surface area contributed by atoms with Crippen molar-refractivity contribution < 1.29 is 9.59 Å². The Balaban J connectivity index is 1.49. The number of amides is 2. The van der Waals surface area contributed by atoms with Gasteiger partial charge in [-0.3, -0.25) is 9.59 Å². The lowest BCUT2D eigenvalue weighted by molar-refractivity contribution is -0.119. The van der Waals surface area contributed by atoms with E-state index >= 15 is 0 Å². The van der Waals surface area contributed by atoms with Crippen LogP contribution >= 0.6 is 0 Å². The topological polar surface area (TPSA) is 52.7 Å². The monoisotopic (exact) mass is 335 g/mol. The van der Waals surface area contributed by atoms with Crippen molar-refractivity contribution in [3.05, 3.63) is 54.1 Å². The minimum Gasteiger partial charge on any atom is -0.382 e. The van der Waals surface area contributed by atoms with Gasteiger partial charge in [0.1, 0.15) is 0 Å². The number of carbonyl (C=O) groups excluding carboxylic acids is 2. The van der Waals surface area contributed by atoms with Gasteiger partial charge in [0, 0.05) is 38.2 Å². The summed E-state index contributed by atoms with van der Waals surface area (Å²) in [5.74, 6) is 0.164. The highest BCUT2D eigenvalue weighted by Crippen LogP contribution is 2.30. The Morgan fingerprint density at radius 1 is 1.00 bits per heavy atom. The van der Waals surface area contributed by atoms with Gasteiger partial charge in [-0.05, 0) is 30.2 Å². The second kappa shape index (κ2) is 6.59. The van der Waals surface area contributed by atoms with Crippen LogP contribution in [0.4, 0.5) is 17.1 Å². The van der Waals surface area contributed by atoms with E-state index in [4.69, 9.17) is 0 Å². The fourth-order valence-corrected chi connectivity index (χ4v) is 3.62. The molecule has 5 nitrogen and oxygen atoms in total. The van der Waals surface area contributed by atoms with Crippen LogP contribution in [0, 0.1) is 0 Å². The average Bonchev–Trinajstić information content (AvgIpc) is 2.66. The van der Waals surface area contributed by atoms with Gasteiger partial charge < -0.3 is 15.1 Å². The average molecular weight is 335 g/mol. The predicted molar refractivity (Wildman–Crippen MR) is 99.0 cm³/mol. The first-order valence-electron chi connectivity index (χ1n) is 8.75. The number of anilines is 3. The summed E-state index contributed by atoms with van der Waals surface area (Å²) in [6.45, 7) is 1.83. The number of hydrogen-bond acceptors (Lipinski definition) is 3. The van der Waals surface area contributed by atoms with Crippen molar-refractivity contribution in [3.8, 4) is 0 Å². The molecule has 0 radical (unpaired) electrons. The highest BCUT2D eigenvalue weighted by Gasteiger charge is 2.26. The Labute approximate surface area is 147 Å². The second-order valence-corrected chi connectivity index (χ2v) is 6.41.